The Morgan fingerprint density at radius 2 is 2.24 bits per heavy atom. The summed E-state index contributed by atoms with van der Waals surface area (Å²) < 4.78 is 9.58. The number of furan rings is 1. The first-order valence-electron chi connectivity index (χ1n) is 4.90. The molecule has 0 radical (unpaired) electrons. The van der Waals surface area contributed by atoms with E-state index in [1.54, 1.807) is 0 Å². The van der Waals surface area contributed by atoms with Gasteiger partial charge in [-0.1, -0.05) is 0 Å². The molecule has 6 heteroatoms. The first-order valence-corrected chi connectivity index (χ1v) is 4.90. The van der Waals surface area contributed by atoms with Crippen LogP contribution in [0.3, 0.4) is 0 Å². The van der Waals surface area contributed by atoms with E-state index in [0.29, 0.717) is 12.0 Å². The van der Waals surface area contributed by atoms with Crippen LogP contribution in [0.2, 0.25) is 0 Å². The molecule has 1 aromatic rings. The zero-order chi connectivity index (χ0) is 12.8. The fourth-order valence-corrected chi connectivity index (χ4v) is 1.43. The van der Waals surface area contributed by atoms with Crippen LogP contribution in [-0.4, -0.2) is 30.4 Å². The quantitative estimate of drug-likeness (QED) is 0.586. The second-order valence-corrected chi connectivity index (χ2v) is 3.44. The monoisotopic (exact) mass is 240 g/mol. The number of aldehydes is 1. The predicted molar refractivity (Wildman–Crippen MR) is 55.6 cm³/mol. The number of hydrogen-bond donors (Lipinski definition) is 1. The summed E-state index contributed by atoms with van der Waals surface area (Å²) in [6.07, 6.45) is 0.282. The summed E-state index contributed by atoms with van der Waals surface area (Å²) in [5, 5.41) is 8.66. The number of esters is 1. The Kier molecular flexibility index (Phi) is 4.45. The Hall–Kier alpha value is -2.11. The molecule has 0 aliphatic heterocycles. The summed E-state index contributed by atoms with van der Waals surface area (Å²) in [7, 11) is 1.19. The van der Waals surface area contributed by atoms with Crippen molar-refractivity contribution in [3.05, 3.63) is 23.7 Å². The van der Waals surface area contributed by atoms with Crippen LogP contribution in [0.5, 0.6) is 0 Å². The highest BCUT2D eigenvalue weighted by atomic mass is 16.5. The van der Waals surface area contributed by atoms with Gasteiger partial charge in [-0.15, -0.1) is 0 Å². The summed E-state index contributed by atoms with van der Waals surface area (Å²) in [5.41, 5.74) is 0. The molecule has 0 amide bonds. The summed E-state index contributed by atoms with van der Waals surface area (Å²) >= 11 is 0. The standard InChI is InChI=1S/C11H12O6/c1-16-11(15)7(5-10(13)14)4-8-2-3-9(6-12)17-8/h2-3,6-7H,4-5H2,1H3,(H,13,14). The molecule has 1 atom stereocenters. The van der Waals surface area contributed by atoms with Crippen molar-refractivity contribution in [1.82, 2.24) is 0 Å². The summed E-state index contributed by atoms with van der Waals surface area (Å²) in [6, 6.07) is 2.99. The Balaban J connectivity index is 2.74. The van der Waals surface area contributed by atoms with Crippen molar-refractivity contribution in [2.24, 2.45) is 5.92 Å². The molecule has 1 aromatic heterocycles. The largest absolute Gasteiger partial charge is 0.481 e. The highest BCUT2D eigenvalue weighted by Gasteiger charge is 2.24. The van der Waals surface area contributed by atoms with Gasteiger partial charge in [0.05, 0.1) is 19.4 Å². The third-order valence-corrected chi connectivity index (χ3v) is 2.20. The highest BCUT2D eigenvalue weighted by molar-refractivity contribution is 5.79. The van der Waals surface area contributed by atoms with E-state index in [2.05, 4.69) is 4.74 Å². The average molecular weight is 240 g/mol. The number of hydrogen-bond acceptors (Lipinski definition) is 5. The van der Waals surface area contributed by atoms with Crippen LogP contribution in [0.25, 0.3) is 0 Å². The van der Waals surface area contributed by atoms with Crippen molar-refractivity contribution in [3.63, 3.8) is 0 Å². The number of carbonyl (C=O) groups excluding carboxylic acids is 2. The van der Waals surface area contributed by atoms with Crippen LogP contribution in [0.1, 0.15) is 22.7 Å². The third kappa shape index (κ3) is 3.75. The summed E-state index contributed by atoms with van der Waals surface area (Å²) in [5.74, 6) is -2.01. The van der Waals surface area contributed by atoms with E-state index in [1.807, 2.05) is 0 Å². The lowest BCUT2D eigenvalue weighted by Gasteiger charge is -2.10. The smallest absolute Gasteiger partial charge is 0.309 e. The first kappa shape index (κ1) is 13.0. The minimum atomic E-state index is -1.09. The zero-order valence-electron chi connectivity index (χ0n) is 9.21. The van der Waals surface area contributed by atoms with Crippen LogP contribution in [0, 0.1) is 5.92 Å². The van der Waals surface area contributed by atoms with Crippen molar-refractivity contribution in [2.75, 3.05) is 7.11 Å². The zero-order valence-corrected chi connectivity index (χ0v) is 9.21. The minimum absolute atomic E-state index is 0.0901. The van der Waals surface area contributed by atoms with Crippen LogP contribution >= 0.6 is 0 Å². The fourth-order valence-electron chi connectivity index (χ4n) is 1.43. The number of methoxy groups -OCH3 is 1. The number of rotatable bonds is 6. The van der Waals surface area contributed by atoms with Gasteiger partial charge in [0.1, 0.15) is 5.76 Å². The van der Waals surface area contributed by atoms with E-state index in [-0.39, 0.29) is 18.6 Å². The molecule has 1 unspecified atom stereocenters. The maximum absolute atomic E-state index is 11.3. The normalized spacial score (nSPS) is 11.8. The Labute approximate surface area is 97.2 Å². The van der Waals surface area contributed by atoms with Crippen molar-refractivity contribution < 1.29 is 28.6 Å². The molecule has 0 aromatic carbocycles. The highest BCUT2D eigenvalue weighted by Crippen LogP contribution is 2.16. The first-order chi connectivity index (χ1) is 8.06. The average Bonchev–Trinajstić information content (AvgIpc) is 2.74. The Morgan fingerprint density at radius 3 is 2.71 bits per heavy atom. The molecule has 17 heavy (non-hydrogen) atoms. The number of aliphatic carboxylic acids is 1. The van der Waals surface area contributed by atoms with Crippen molar-refractivity contribution in [2.45, 2.75) is 12.8 Å². The molecule has 0 spiro atoms. The van der Waals surface area contributed by atoms with Gasteiger partial charge in [-0.3, -0.25) is 14.4 Å². The molecule has 0 saturated heterocycles. The second-order valence-electron chi connectivity index (χ2n) is 3.44. The minimum Gasteiger partial charge on any atom is -0.481 e. The lowest BCUT2D eigenvalue weighted by atomic mass is 10.0. The molecule has 1 N–H and O–H groups in total. The van der Waals surface area contributed by atoms with E-state index in [4.69, 9.17) is 9.52 Å². The van der Waals surface area contributed by atoms with Gasteiger partial charge >= 0.3 is 11.9 Å². The molecule has 1 heterocycles. The van der Waals surface area contributed by atoms with Crippen LogP contribution < -0.4 is 0 Å². The van der Waals surface area contributed by atoms with E-state index in [0.717, 1.165) is 0 Å². The number of ether oxygens (including phenoxy) is 1. The van der Waals surface area contributed by atoms with E-state index in [1.165, 1.54) is 19.2 Å². The molecular formula is C11H12O6. The van der Waals surface area contributed by atoms with Gasteiger partial charge in [0.15, 0.2) is 12.0 Å². The molecule has 0 aliphatic rings. The van der Waals surface area contributed by atoms with Crippen molar-refractivity contribution in [3.8, 4) is 0 Å². The fraction of sp³-hybridized carbons (Fsp3) is 0.364. The topological polar surface area (TPSA) is 93.8 Å². The number of carboxylic acid groups (broad SMARTS) is 1. The van der Waals surface area contributed by atoms with Crippen molar-refractivity contribution in [1.29, 1.82) is 0 Å². The second kappa shape index (κ2) is 5.83. The summed E-state index contributed by atoms with van der Waals surface area (Å²) in [6.45, 7) is 0. The summed E-state index contributed by atoms with van der Waals surface area (Å²) in [4.78, 5) is 32.3. The van der Waals surface area contributed by atoms with Crippen LogP contribution in [-0.2, 0) is 20.7 Å². The molecule has 0 fully saturated rings. The van der Waals surface area contributed by atoms with Gasteiger partial charge in [-0.05, 0) is 12.1 Å². The molecule has 0 bridgehead atoms. The Bertz CT molecular complexity index is 419. The predicted octanol–water partition coefficient (Wildman–Crippen LogP) is 0.898. The molecule has 6 nitrogen and oxygen atoms in total. The maximum atomic E-state index is 11.3. The van der Waals surface area contributed by atoms with Crippen LogP contribution in [0.4, 0.5) is 0 Å². The van der Waals surface area contributed by atoms with Crippen LogP contribution in [0.15, 0.2) is 16.5 Å². The third-order valence-electron chi connectivity index (χ3n) is 2.20. The van der Waals surface area contributed by atoms with E-state index < -0.39 is 17.9 Å². The van der Waals surface area contributed by atoms with Gasteiger partial charge in [0, 0.05) is 6.42 Å². The van der Waals surface area contributed by atoms with Gasteiger partial charge in [-0.2, -0.15) is 0 Å². The molecule has 0 aliphatic carbocycles. The van der Waals surface area contributed by atoms with E-state index in [9.17, 15) is 14.4 Å². The van der Waals surface area contributed by atoms with Gasteiger partial charge < -0.3 is 14.3 Å². The van der Waals surface area contributed by atoms with Gasteiger partial charge in [0.25, 0.3) is 0 Å². The number of carbonyl (C=O) groups is 3. The Morgan fingerprint density at radius 1 is 1.53 bits per heavy atom. The molecule has 0 saturated carbocycles. The van der Waals surface area contributed by atoms with Gasteiger partial charge in [0.2, 0.25) is 0 Å². The lowest BCUT2D eigenvalue weighted by molar-refractivity contribution is -0.150. The number of carboxylic acids is 1. The maximum Gasteiger partial charge on any atom is 0.309 e. The molecule has 92 valence electrons. The molecular weight excluding hydrogens is 228 g/mol. The van der Waals surface area contributed by atoms with Crippen molar-refractivity contribution >= 4 is 18.2 Å². The SMILES string of the molecule is COC(=O)C(CC(=O)O)Cc1ccc(C=O)o1. The molecule has 1 rings (SSSR count). The van der Waals surface area contributed by atoms with E-state index >= 15 is 0 Å². The lowest BCUT2D eigenvalue weighted by Crippen LogP contribution is -2.21. The van der Waals surface area contributed by atoms with Gasteiger partial charge in [-0.25, -0.2) is 0 Å².